The van der Waals surface area contributed by atoms with Crippen molar-refractivity contribution in [2.75, 3.05) is 0 Å². The molecule has 1 aromatic rings. The second kappa shape index (κ2) is 9.04. The monoisotopic (exact) mass is 350 g/mol. The van der Waals surface area contributed by atoms with Crippen molar-refractivity contribution in [2.45, 2.75) is 39.9 Å². The maximum absolute atomic E-state index is 12.0. The standard InChI is InChI=1S/C17H19ClN2O4/c1-10(2)23-16(21)12(8-19)9-20-14-7-5-6-13(15(14)18)17(22)24-11(3)4/h5-7,9-12H,1-4H3. The molecule has 7 heteroatoms. The Bertz CT molecular complexity index is 678. The highest BCUT2D eigenvalue weighted by Gasteiger charge is 2.19. The predicted octanol–water partition coefficient (Wildman–Crippen LogP) is 3.70. The van der Waals surface area contributed by atoms with Crippen LogP contribution in [0.5, 0.6) is 0 Å². The van der Waals surface area contributed by atoms with E-state index in [0.29, 0.717) is 0 Å². The van der Waals surface area contributed by atoms with E-state index in [1.54, 1.807) is 45.9 Å². The van der Waals surface area contributed by atoms with E-state index in [2.05, 4.69) is 4.99 Å². The average molecular weight is 351 g/mol. The highest BCUT2D eigenvalue weighted by Crippen LogP contribution is 2.29. The number of hydrogen-bond donors (Lipinski definition) is 0. The van der Waals surface area contributed by atoms with Crippen molar-refractivity contribution in [1.82, 2.24) is 0 Å². The third-order valence-electron chi connectivity index (χ3n) is 2.65. The van der Waals surface area contributed by atoms with Crippen molar-refractivity contribution in [2.24, 2.45) is 10.9 Å². The summed E-state index contributed by atoms with van der Waals surface area (Å²) in [5.41, 5.74) is 0.422. The second-order valence-corrected chi connectivity index (χ2v) is 5.84. The fraction of sp³-hybridized carbons (Fsp3) is 0.412. The van der Waals surface area contributed by atoms with Crippen LogP contribution in [0, 0.1) is 17.2 Å². The lowest BCUT2D eigenvalue weighted by Gasteiger charge is -2.10. The van der Waals surface area contributed by atoms with Crippen LogP contribution >= 0.6 is 11.6 Å². The van der Waals surface area contributed by atoms with E-state index in [-0.39, 0.29) is 28.5 Å². The van der Waals surface area contributed by atoms with E-state index in [0.717, 1.165) is 6.21 Å². The van der Waals surface area contributed by atoms with Gasteiger partial charge in [-0.3, -0.25) is 9.79 Å². The SMILES string of the molecule is CC(C)OC(=O)c1cccc(N=CC(C#N)C(=O)OC(C)C)c1Cl. The Morgan fingerprint density at radius 2 is 1.83 bits per heavy atom. The number of benzene rings is 1. The smallest absolute Gasteiger partial charge is 0.339 e. The van der Waals surface area contributed by atoms with Crippen LogP contribution in [0.2, 0.25) is 5.02 Å². The van der Waals surface area contributed by atoms with Gasteiger partial charge in [-0.05, 0) is 39.8 Å². The van der Waals surface area contributed by atoms with Gasteiger partial charge in [0.15, 0.2) is 5.92 Å². The van der Waals surface area contributed by atoms with Crippen LogP contribution < -0.4 is 0 Å². The van der Waals surface area contributed by atoms with Crippen molar-refractivity contribution in [3.8, 4) is 6.07 Å². The normalized spacial score (nSPS) is 12.2. The van der Waals surface area contributed by atoms with Crippen LogP contribution in [0.15, 0.2) is 23.2 Å². The van der Waals surface area contributed by atoms with Crippen LogP contribution in [-0.4, -0.2) is 30.4 Å². The highest BCUT2D eigenvalue weighted by atomic mass is 35.5. The number of esters is 2. The molecule has 0 aliphatic heterocycles. The molecule has 0 bridgehead atoms. The minimum Gasteiger partial charge on any atom is -0.462 e. The Hall–Kier alpha value is -2.39. The van der Waals surface area contributed by atoms with Crippen molar-refractivity contribution in [3.63, 3.8) is 0 Å². The van der Waals surface area contributed by atoms with E-state index >= 15 is 0 Å². The molecule has 128 valence electrons. The predicted molar refractivity (Wildman–Crippen MR) is 90.5 cm³/mol. The van der Waals surface area contributed by atoms with Gasteiger partial charge in [0, 0.05) is 6.21 Å². The maximum atomic E-state index is 12.0. The average Bonchev–Trinajstić information content (AvgIpc) is 2.47. The molecule has 6 nitrogen and oxygen atoms in total. The van der Waals surface area contributed by atoms with Crippen molar-refractivity contribution >= 4 is 35.4 Å². The summed E-state index contributed by atoms with van der Waals surface area (Å²) < 4.78 is 10.1. The lowest BCUT2D eigenvalue weighted by Crippen LogP contribution is -2.20. The van der Waals surface area contributed by atoms with Gasteiger partial charge in [0.1, 0.15) is 0 Å². The number of halogens is 1. The molecule has 1 unspecified atom stereocenters. The van der Waals surface area contributed by atoms with Gasteiger partial charge in [-0.1, -0.05) is 17.7 Å². The minimum atomic E-state index is -1.16. The molecule has 24 heavy (non-hydrogen) atoms. The highest BCUT2D eigenvalue weighted by molar-refractivity contribution is 6.36. The van der Waals surface area contributed by atoms with Crippen LogP contribution in [0.4, 0.5) is 5.69 Å². The van der Waals surface area contributed by atoms with Crippen molar-refractivity contribution < 1.29 is 19.1 Å². The Balaban J connectivity index is 3.01. The van der Waals surface area contributed by atoms with Gasteiger partial charge in [-0.25, -0.2) is 4.79 Å². The summed E-state index contributed by atoms with van der Waals surface area (Å²) in [6.45, 7) is 6.83. The van der Waals surface area contributed by atoms with E-state index < -0.39 is 17.9 Å². The topological polar surface area (TPSA) is 88.8 Å². The summed E-state index contributed by atoms with van der Waals surface area (Å²) in [6, 6.07) is 6.47. The van der Waals surface area contributed by atoms with Crippen LogP contribution in [0.25, 0.3) is 0 Å². The molecule has 0 N–H and O–H groups in total. The lowest BCUT2D eigenvalue weighted by atomic mass is 10.2. The van der Waals surface area contributed by atoms with Gasteiger partial charge in [-0.2, -0.15) is 5.26 Å². The van der Waals surface area contributed by atoms with Gasteiger partial charge in [-0.15, -0.1) is 0 Å². The van der Waals surface area contributed by atoms with E-state index in [1.807, 2.05) is 0 Å². The number of aliphatic imine (C=N–C) groups is 1. The van der Waals surface area contributed by atoms with Crippen LogP contribution in [0.1, 0.15) is 38.1 Å². The first-order valence-electron chi connectivity index (χ1n) is 7.40. The molecule has 0 aromatic heterocycles. The number of carbonyl (C=O) groups is 2. The van der Waals surface area contributed by atoms with Crippen molar-refractivity contribution in [1.29, 1.82) is 5.26 Å². The molecular formula is C17H19ClN2O4. The zero-order chi connectivity index (χ0) is 18.3. The molecule has 1 atom stereocenters. The zero-order valence-corrected chi connectivity index (χ0v) is 14.7. The molecule has 0 saturated heterocycles. The molecule has 0 saturated carbocycles. The number of hydrogen-bond acceptors (Lipinski definition) is 6. The molecule has 0 spiro atoms. The Kier molecular flexibility index (Phi) is 7.40. The van der Waals surface area contributed by atoms with Gasteiger partial charge in [0.25, 0.3) is 0 Å². The van der Waals surface area contributed by atoms with Gasteiger partial charge < -0.3 is 9.47 Å². The third-order valence-corrected chi connectivity index (χ3v) is 3.05. The van der Waals surface area contributed by atoms with Crippen LogP contribution in [0.3, 0.4) is 0 Å². The first-order valence-corrected chi connectivity index (χ1v) is 7.77. The summed E-state index contributed by atoms with van der Waals surface area (Å²) in [6.07, 6.45) is 0.526. The quantitative estimate of drug-likeness (QED) is 0.576. The molecule has 0 amide bonds. The summed E-state index contributed by atoms with van der Waals surface area (Å²) in [7, 11) is 0. The molecule has 0 radical (unpaired) electrons. The van der Waals surface area contributed by atoms with Gasteiger partial charge in [0.2, 0.25) is 0 Å². The molecule has 0 aliphatic rings. The van der Waals surface area contributed by atoms with Gasteiger partial charge >= 0.3 is 11.9 Å². The lowest BCUT2D eigenvalue weighted by molar-refractivity contribution is -0.148. The number of carbonyl (C=O) groups excluding carboxylic acids is 2. The maximum Gasteiger partial charge on any atom is 0.339 e. The van der Waals surface area contributed by atoms with Crippen LogP contribution in [-0.2, 0) is 14.3 Å². The molecule has 1 aromatic carbocycles. The number of nitriles is 1. The first kappa shape index (κ1) is 19.7. The largest absolute Gasteiger partial charge is 0.462 e. The van der Waals surface area contributed by atoms with E-state index in [9.17, 15) is 9.59 Å². The molecule has 0 aliphatic carbocycles. The zero-order valence-electron chi connectivity index (χ0n) is 13.9. The third kappa shape index (κ3) is 5.67. The Morgan fingerprint density at radius 1 is 1.21 bits per heavy atom. The number of ether oxygens (including phenoxy) is 2. The Labute approximate surface area is 146 Å². The summed E-state index contributed by atoms with van der Waals surface area (Å²) in [5, 5.41) is 9.14. The number of rotatable bonds is 6. The molecule has 0 fully saturated rings. The summed E-state index contributed by atoms with van der Waals surface area (Å²) in [5.74, 6) is -2.42. The van der Waals surface area contributed by atoms with Crippen molar-refractivity contribution in [3.05, 3.63) is 28.8 Å². The fourth-order valence-electron chi connectivity index (χ4n) is 1.66. The van der Waals surface area contributed by atoms with E-state index in [4.69, 9.17) is 26.3 Å². The minimum absolute atomic E-state index is 0.0910. The summed E-state index contributed by atoms with van der Waals surface area (Å²) >= 11 is 6.16. The summed E-state index contributed by atoms with van der Waals surface area (Å²) in [4.78, 5) is 27.8. The second-order valence-electron chi connectivity index (χ2n) is 5.46. The molecule has 1 rings (SSSR count). The van der Waals surface area contributed by atoms with E-state index in [1.165, 1.54) is 6.07 Å². The fourth-order valence-corrected chi connectivity index (χ4v) is 1.91. The molecular weight excluding hydrogens is 332 g/mol. The van der Waals surface area contributed by atoms with Gasteiger partial charge in [0.05, 0.1) is 34.6 Å². The first-order chi connectivity index (χ1) is 11.3. The number of nitrogens with zero attached hydrogens (tertiary/aromatic N) is 2. The Morgan fingerprint density at radius 3 is 2.38 bits per heavy atom. The molecule has 0 heterocycles.